The fraction of sp³-hybridized carbons (Fsp3) is 0.625. The average Bonchev–Trinajstić information content (AvgIpc) is 2.75. The van der Waals surface area contributed by atoms with Gasteiger partial charge in [0.05, 0.1) is 5.56 Å². The Bertz CT molecular complexity index is 549. The van der Waals surface area contributed by atoms with Gasteiger partial charge in [-0.2, -0.15) is 0 Å². The van der Waals surface area contributed by atoms with Gasteiger partial charge in [-0.25, -0.2) is 0 Å². The predicted molar refractivity (Wildman–Crippen MR) is 85.7 cm³/mol. The first-order valence-electron chi connectivity index (χ1n) is 7.36. The summed E-state index contributed by atoms with van der Waals surface area (Å²) in [7, 11) is 0. The smallest absolute Gasteiger partial charge is 0.255 e. The molecule has 1 aromatic rings. The number of hydrogen-bond acceptors (Lipinski definition) is 3. The van der Waals surface area contributed by atoms with E-state index in [0.717, 1.165) is 15.3 Å². The maximum Gasteiger partial charge on any atom is 0.255 e. The molecule has 5 heteroatoms. The Morgan fingerprint density at radius 1 is 1.05 bits per heavy atom. The number of carbonyl (C=O) groups excluding carboxylic acids is 2. The molecule has 2 rings (SSSR count). The summed E-state index contributed by atoms with van der Waals surface area (Å²) in [5.41, 5.74) is 0.459. The van der Waals surface area contributed by atoms with Gasteiger partial charge in [0.15, 0.2) is 0 Å². The standard InChI is InChI=1S/C16H24N2O2S/c1-11-10-13(12(2)21-11)14(19)17-6-8-18(9-7-17)15(20)16(3,4)5/h10H,6-9H2,1-5H3. The van der Waals surface area contributed by atoms with Gasteiger partial charge in [-0.05, 0) is 19.9 Å². The second-order valence-electron chi connectivity index (χ2n) is 6.66. The van der Waals surface area contributed by atoms with Crippen LogP contribution in [-0.4, -0.2) is 47.8 Å². The van der Waals surface area contributed by atoms with Gasteiger partial charge in [-0.3, -0.25) is 9.59 Å². The van der Waals surface area contributed by atoms with Crippen LogP contribution < -0.4 is 0 Å². The van der Waals surface area contributed by atoms with E-state index in [2.05, 4.69) is 0 Å². The van der Waals surface area contributed by atoms with Crippen molar-refractivity contribution in [2.24, 2.45) is 5.41 Å². The van der Waals surface area contributed by atoms with E-state index in [1.54, 1.807) is 11.3 Å². The minimum Gasteiger partial charge on any atom is -0.339 e. The molecule has 0 N–H and O–H groups in total. The number of piperazine rings is 1. The molecule has 1 aliphatic heterocycles. The monoisotopic (exact) mass is 308 g/mol. The van der Waals surface area contributed by atoms with Crippen molar-refractivity contribution in [2.45, 2.75) is 34.6 Å². The molecule has 1 aliphatic rings. The molecule has 1 saturated heterocycles. The highest BCUT2D eigenvalue weighted by Gasteiger charge is 2.31. The third-order valence-electron chi connectivity index (χ3n) is 3.77. The highest BCUT2D eigenvalue weighted by atomic mass is 32.1. The zero-order valence-electron chi connectivity index (χ0n) is 13.5. The molecule has 2 heterocycles. The summed E-state index contributed by atoms with van der Waals surface area (Å²) in [6.45, 7) is 12.3. The molecular formula is C16H24N2O2S. The van der Waals surface area contributed by atoms with Gasteiger partial charge in [0, 0.05) is 41.3 Å². The molecule has 116 valence electrons. The third-order valence-corrected chi connectivity index (χ3v) is 4.73. The van der Waals surface area contributed by atoms with Crippen LogP contribution in [0.3, 0.4) is 0 Å². The largest absolute Gasteiger partial charge is 0.339 e. The molecular weight excluding hydrogens is 284 g/mol. The van der Waals surface area contributed by atoms with Gasteiger partial charge in [-0.15, -0.1) is 11.3 Å². The van der Waals surface area contributed by atoms with E-state index in [-0.39, 0.29) is 17.2 Å². The van der Waals surface area contributed by atoms with E-state index in [0.29, 0.717) is 26.2 Å². The number of carbonyl (C=O) groups is 2. The summed E-state index contributed by atoms with van der Waals surface area (Å²) in [6.07, 6.45) is 0. The van der Waals surface area contributed by atoms with Gasteiger partial charge < -0.3 is 9.80 Å². The van der Waals surface area contributed by atoms with E-state index >= 15 is 0 Å². The fourth-order valence-corrected chi connectivity index (χ4v) is 3.52. The summed E-state index contributed by atoms with van der Waals surface area (Å²) >= 11 is 1.66. The zero-order chi connectivity index (χ0) is 15.8. The van der Waals surface area contributed by atoms with Crippen LogP contribution in [0.5, 0.6) is 0 Å². The molecule has 0 unspecified atom stereocenters. The van der Waals surface area contributed by atoms with Crippen LogP contribution in [0.4, 0.5) is 0 Å². The second kappa shape index (κ2) is 5.79. The highest BCUT2D eigenvalue weighted by Crippen LogP contribution is 2.23. The highest BCUT2D eigenvalue weighted by molar-refractivity contribution is 7.12. The van der Waals surface area contributed by atoms with Crippen molar-refractivity contribution in [1.29, 1.82) is 0 Å². The molecule has 4 nitrogen and oxygen atoms in total. The van der Waals surface area contributed by atoms with Crippen LogP contribution in [0.1, 0.15) is 40.9 Å². The summed E-state index contributed by atoms with van der Waals surface area (Å²) in [5.74, 6) is 0.261. The minimum absolute atomic E-state index is 0.0970. The van der Waals surface area contributed by atoms with E-state index in [1.165, 1.54) is 0 Å². The SMILES string of the molecule is Cc1cc(C(=O)N2CCN(C(=O)C(C)(C)C)CC2)c(C)s1. The molecule has 0 atom stereocenters. The van der Waals surface area contributed by atoms with Crippen molar-refractivity contribution in [2.75, 3.05) is 26.2 Å². The summed E-state index contributed by atoms with van der Waals surface area (Å²) in [5, 5.41) is 0. The molecule has 1 fully saturated rings. The van der Waals surface area contributed by atoms with Gasteiger partial charge >= 0.3 is 0 Å². The molecule has 0 aliphatic carbocycles. The van der Waals surface area contributed by atoms with Crippen molar-refractivity contribution in [3.05, 3.63) is 21.4 Å². The van der Waals surface area contributed by atoms with Crippen LogP contribution in [-0.2, 0) is 4.79 Å². The fourth-order valence-electron chi connectivity index (χ4n) is 2.60. The van der Waals surface area contributed by atoms with Crippen molar-refractivity contribution in [3.8, 4) is 0 Å². The van der Waals surface area contributed by atoms with E-state index in [9.17, 15) is 9.59 Å². The van der Waals surface area contributed by atoms with Crippen molar-refractivity contribution >= 4 is 23.2 Å². The lowest BCUT2D eigenvalue weighted by Gasteiger charge is -2.37. The van der Waals surface area contributed by atoms with Crippen LogP contribution in [0.25, 0.3) is 0 Å². The normalized spacial score (nSPS) is 16.2. The Morgan fingerprint density at radius 3 is 2.00 bits per heavy atom. The molecule has 0 aromatic carbocycles. The van der Waals surface area contributed by atoms with Crippen LogP contribution >= 0.6 is 11.3 Å². The molecule has 2 amide bonds. The van der Waals surface area contributed by atoms with Crippen LogP contribution in [0.2, 0.25) is 0 Å². The van der Waals surface area contributed by atoms with Crippen LogP contribution in [0.15, 0.2) is 6.07 Å². The zero-order valence-corrected chi connectivity index (χ0v) is 14.3. The molecule has 21 heavy (non-hydrogen) atoms. The topological polar surface area (TPSA) is 40.6 Å². The Morgan fingerprint density at radius 2 is 1.57 bits per heavy atom. The molecule has 0 saturated carbocycles. The Hall–Kier alpha value is -1.36. The first kappa shape index (κ1) is 16.0. The van der Waals surface area contributed by atoms with E-state index in [1.807, 2.05) is 50.5 Å². The first-order chi connectivity index (χ1) is 9.70. The number of rotatable bonds is 1. The first-order valence-corrected chi connectivity index (χ1v) is 8.17. The van der Waals surface area contributed by atoms with E-state index in [4.69, 9.17) is 0 Å². The third kappa shape index (κ3) is 3.46. The maximum atomic E-state index is 12.5. The van der Waals surface area contributed by atoms with Crippen LogP contribution in [0, 0.1) is 19.3 Å². The lowest BCUT2D eigenvalue weighted by molar-refractivity contribution is -0.140. The number of nitrogens with zero attached hydrogens (tertiary/aromatic N) is 2. The Labute approximate surface area is 130 Å². The van der Waals surface area contributed by atoms with Crippen molar-refractivity contribution < 1.29 is 9.59 Å². The second-order valence-corrected chi connectivity index (χ2v) is 8.12. The Kier molecular flexibility index (Phi) is 4.42. The minimum atomic E-state index is -0.354. The van der Waals surface area contributed by atoms with Gasteiger partial charge in [0.25, 0.3) is 5.91 Å². The Balaban J connectivity index is 2.00. The average molecular weight is 308 g/mol. The maximum absolute atomic E-state index is 12.5. The lowest BCUT2D eigenvalue weighted by Crippen LogP contribution is -2.53. The number of aryl methyl sites for hydroxylation is 2. The quantitative estimate of drug-likeness (QED) is 0.800. The number of thiophene rings is 1. The van der Waals surface area contributed by atoms with Gasteiger partial charge in [-0.1, -0.05) is 20.8 Å². The van der Waals surface area contributed by atoms with Gasteiger partial charge in [0.1, 0.15) is 0 Å². The summed E-state index contributed by atoms with van der Waals surface area (Å²) in [4.78, 5) is 30.8. The molecule has 0 spiro atoms. The summed E-state index contributed by atoms with van der Waals surface area (Å²) < 4.78 is 0. The molecule has 0 radical (unpaired) electrons. The molecule has 1 aromatic heterocycles. The van der Waals surface area contributed by atoms with E-state index < -0.39 is 0 Å². The number of amides is 2. The lowest BCUT2D eigenvalue weighted by atomic mass is 9.94. The van der Waals surface area contributed by atoms with Gasteiger partial charge in [0.2, 0.25) is 5.91 Å². The number of hydrogen-bond donors (Lipinski definition) is 0. The van der Waals surface area contributed by atoms with Crippen molar-refractivity contribution in [3.63, 3.8) is 0 Å². The molecule has 0 bridgehead atoms. The summed E-state index contributed by atoms with van der Waals surface area (Å²) in [6, 6.07) is 1.97. The predicted octanol–water partition coefficient (Wildman–Crippen LogP) is 2.70. The van der Waals surface area contributed by atoms with Crippen molar-refractivity contribution in [1.82, 2.24) is 9.80 Å².